The Morgan fingerprint density at radius 1 is 1.03 bits per heavy atom. The van der Waals surface area contributed by atoms with Gasteiger partial charge in [0.15, 0.2) is 0 Å². The van der Waals surface area contributed by atoms with Crippen LogP contribution in [0, 0.1) is 0 Å². The predicted octanol–water partition coefficient (Wildman–Crippen LogP) is 6.75. The van der Waals surface area contributed by atoms with Crippen molar-refractivity contribution in [2.24, 2.45) is 0 Å². The lowest BCUT2D eigenvalue weighted by atomic mass is 10.1. The van der Waals surface area contributed by atoms with Crippen molar-refractivity contribution in [2.75, 3.05) is 33.9 Å². The summed E-state index contributed by atoms with van der Waals surface area (Å²) >= 11 is 14.1. The summed E-state index contributed by atoms with van der Waals surface area (Å²) < 4.78 is 14.6. The van der Waals surface area contributed by atoms with Gasteiger partial charge in [0.05, 0.1) is 27.1 Å². The molecular weight excluding hydrogens is 712 g/mol. The molecule has 0 spiro atoms. The Hall–Kier alpha value is -1.36. The Morgan fingerprint density at radius 2 is 1.71 bits per heavy atom. The third-order valence-electron chi connectivity index (χ3n) is 5.07. The summed E-state index contributed by atoms with van der Waals surface area (Å²) in [6.07, 6.45) is 5.14. The number of rotatable bonds is 12. The SMILES string of the molecule is CCC(=O)N(C)CCc1cc(Br)c(OCCCNC(=O)/C=C\c2cc(OC)c(Br)cc2Br)c(Br)c1. The summed E-state index contributed by atoms with van der Waals surface area (Å²) in [6, 6.07) is 7.73. The normalized spacial score (nSPS) is 10.9. The number of carbonyl (C=O) groups excluding carboxylic acids is 2. The molecule has 0 fully saturated rings. The molecule has 0 aliphatic rings. The van der Waals surface area contributed by atoms with Crippen LogP contribution < -0.4 is 14.8 Å². The van der Waals surface area contributed by atoms with Gasteiger partial charge in [0.1, 0.15) is 11.5 Å². The minimum Gasteiger partial charge on any atom is -0.496 e. The van der Waals surface area contributed by atoms with Crippen molar-refractivity contribution in [2.45, 2.75) is 26.2 Å². The van der Waals surface area contributed by atoms with E-state index >= 15 is 0 Å². The molecule has 0 heterocycles. The van der Waals surface area contributed by atoms with E-state index in [9.17, 15) is 9.59 Å². The quantitative estimate of drug-likeness (QED) is 0.193. The van der Waals surface area contributed by atoms with Gasteiger partial charge in [0.2, 0.25) is 11.8 Å². The van der Waals surface area contributed by atoms with Gasteiger partial charge < -0.3 is 19.7 Å². The molecule has 0 saturated heterocycles. The Morgan fingerprint density at radius 3 is 2.34 bits per heavy atom. The second-order valence-electron chi connectivity index (χ2n) is 7.64. The van der Waals surface area contributed by atoms with Gasteiger partial charge in [0.25, 0.3) is 0 Å². The summed E-state index contributed by atoms with van der Waals surface area (Å²) in [7, 11) is 3.41. The standard InChI is InChI=1S/C25H28Br4N2O4/c1-4-24(33)31(2)10-8-16-12-20(28)25(21(29)13-16)35-11-5-9-30-23(32)7-6-17-14-22(34-3)19(27)15-18(17)26/h6-7,12-15H,4-5,8-11H2,1-3H3,(H,30,32)/b7-6-. The van der Waals surface area contributed by atoms with Crippen LogP contribution in [0.2, 0.25) is 0 Å². The van der Waals surface area contributed by atoms with Crippen LogP contribution in [0.25, 0.3) is 6.08 Å². The number of halogens is 4. The molecule has 0 bridgehead atoms. The fourth-order valence-electron chi connectivity index (χ4n) is 3.10. The summed E-state index contributed by atoms with van der Waals surface area (Å²) in [6.45, 7) is 3.45. The van der Waals surface area contributed by atoms with Crippen molar-refractivity contribution in [3.8, 4) is 11.5 Å². The van der Waals surface area contributed by atoms with Gasteiger partial charge in [-0.25, -0.2) is 0 Å². The molecule has 2 rings (SSSR count). The molecule has 0 aromatic heterocycles. The van der Waals surface area contributed by atoms with Crippen molar-refractivity contribution >= 4 is 81.6 Å². The zero-order valence-corrected chi connectivity index (χ0v) is 26.1. The average Bonchev–Trinajstić information content (AvgIpc) is 2.82. The molecule has 2 aromatic carbocycles. The number of benzene rings is 2. The molecule has 1 N–H and O–H groups in total. The molecule has 6 nitrogen and oxygen atoms in total. The number of hydrogen-bond donors (Lipinski definition) is 1. The first-order valence-electron chi connectivity index (χ1n) is 11.0. The van der Waals surface area contributed by atoms with Gasteiger partial charge in [-0.3, -0.25) is 9.59 Å². The number of likely N-dealkylation sites (N-methyl/N-ethyl adjacent to an activating group) is 1. The number of hydrogen-bond acceptors (Lipinski definition) is 4. The van der Waals surface area contributed by atoms with Crippen molar-refractivity contribution in [1.29, 1.82) is 0 Å². The summed E-state index contributed by atoms with van der Waals surface area (Å²) in [5.74, 6) is 1.35. The maximum absolute atomic E-state index is 12.2. The van der Waals surface area contributed by atoms with Gasteiger partial charge >= 0.3 is 0 Å². The Balaban J connectivity index is 1.80. The number of methoxy groups -OCH3 is 1. The third kappa shape index (κ3) is 9.55. The van der Waals surface area contributed by atoms with E-state index in [0.29, 0.717) is 44.0 Å². The zero-order chi connectivity index (χ0) is 26.0. The predicted molar refractivity (Wildman–Crippen MR) is 154 cm³/mol. The molecule has 0 radical (unpaired) electrons. The van der Waals surface area contributed by atoms with Crippen LogP contribution in [-0.2, 0) is 16.0 Å². The minimum absolute atomic E-state index is 0.132. The van der Waals surface area contributed by atoms with Crippen LogP contribution >= 0.6 is 63.7 Å². The molecule has 10 heteroatoms. The van der Waals surface area contributed by atoms with E-state index in [2.05, 4.69) is 69.0 Å². The van der Waals surface area contributed by atoms with Crippen LogP contribution in [0.4, 0.5) is 0 Å². The molecule has 35 heavy (non-hydrogen) atoms. The molecule has 2 aromatic rings. The van der Waals surface area contributed by atoms with E-state index in [1.165, 1.54) is 6.08 Å². The van der Waals surface area contributed by atoms with Gasteiger partial charge in [-0.2, -0.15) is 0 Å². The first-order valence-corrected chi connectivity index (χ1v) is 14.2. The molecule has 0 aliphatic heterocycles. The first-order chi connectivity index (χ1) is 16.7. The number of nitrogens with zero attached hydrogens (tertiary/aromatic N) is 1. The van der Waals surface area contributed by atoms with Crippen LogP contribution in [0.1, 0.15) is 30.9 Å². The summed E-state index contributed by atoms with van der Waals surface area (Å²) in [4.78, 5) is 25.6. The molecule has 0 atom stereocenters. The van der Waals surface area contributed by atoms with Gasteiger partial charge in [-0.15, -0.1) is 0 Å². The Labute approximate surface area is 240 Å². The lowest BCUT2D eigenvalue weighted by molar-refractivity contribution is -0.129. The van der Waals surface area contributed by atoms with E-state index in [1.807, 2.05) is 38.2 Å². The monoisotopic (exact) mass is 736 g/mol. The number of amides is 2. The Kier molecular flexibility index (Phi) is 12.8. The number of ether oxygens (including phenoxy) is 2. The topological polar surface area (TPSA) is 67.9 Å². The second kappa shape index (κ2) is 15.0. The Bertz CT molecular complexity index is 1050. The smallest absolute Gasteiger partial charge is 0.244 e. The highest BCUT2D eigenvalue weighted by Gasteiger charge is 2.11. The fraction of sp³-hybridized carbons (Fsp3) is 0.360. The highest BCUT2D eigenvalue weighted by Crippen LogP contribution is 2.35. The third-order valence-corrected chi connectivity index (χ3v) is 7.56. The molecule has 0 unspecified atom stereocenters. The van der Waals surface area contributed by atoms with Gasteiger partial charge in [-0.1, -0.05) is 22.9 Å². The largest absolute Gasteiger partial charge is 0.496 e. The number of carbonyl (C=O) groups is 2. The fourth-order valence-corrected chi connectivity index (χ4v) is 5.90. The van der Waals surface area contributed by atoms with E-state index in [1.54, 1.807) is 18.1 Å². The van der Waals surface area contributed by atoms with E-state index in [4.69, 9.17) is 9.47 Å². The van der Waals surface area contributed by atoms with Crippen molar-refractivity contribution in [1.82, 2.24) is 10.2 Å². The molecular formula is C25H28Br4N2O4. The summed E-state index contributed by atoms with van der Waals surface area (Å²) in [5.41, 5.74) is 1.94. The molecule has 2 amide bonds. The lowest BCUT2D eigenvalue weighted by Crippen LogP contribution is -2.27. The van der Waals surface area contributed by atoms with Crippen molar-refractivity contribution in [3.63, 3.8) is 0 Å². The average molecular weight is 740 g/mol. The minimum atomic E-state index is -0.183. The van der Waals surface area contributed by atoms with Gasteiger partial charge in [-0.05, 0) is 102 Å². The van der Waals surface area contributed by atoms with Crippen LogP contribution in [0.15, 0.2) is 48.2 Å². The molecule has 0 saturated carbocycles. The first kappa shape index (κ1) is 29.9. The van der Waals surface area contributed by atoms with Crippen LogP contribution in [-0.4, -0.2) is 50.6 Å². The van der Waals surface area contributed by atoms with Crippen molar-refractivity contribution < 1.29 is 19.1 Å². The van der Waals surface area contributed by atoms with E-state index < -0.39 is 0 Å². The summed E-state index contributed by atoms with van der Waals surface area (Å²) in [5, 5.41) is 2.86. The lowest BCUT2D eigenvalue weighted by Gasteiger charge is -2.17. The van der Waals surface area contributed by atoms with Crippen molar-refractivity contribution in [3.05, 3.63) is 59.4 Å². The molecule has 190 valence electrons. The maximum Gasteiger partial charge on any atom is 0.244 e. The highest BCUT2D eigenvalue weighted by molar-refractivity contribution is 9.11. The highest BCUT2D eigenvalue weighted by atomic mass is 79.9. The molecule has 0 aliphatic carbocycles. The van der Waals surface area contributed by atoms with E-state index in [0.717, 1.165) is 35.4 Å². The second-order valence-corrected chi connectivity index (χ2v) is 11.1. The van der Waals surface area contributed by atoms with Gasteiger partial charge in [0, 0.05) is 37.1 Å². The zero-order valence-electron chi connectivity index (χ0n) is 19.8. The number of nitrogens with one attached hydrogen (secondary N) is 1. The van der Waals surface area contributed by atoms with Crippen LogP contribution in [0.5, 0.6) is 11.5 Å². The maximum atomic E-state index is 12.2. The van der Waals surface area contributed by atoms with E-state index in [-0.39, 0.29) is 11.8 Å². The van der Waals surface area contributed by atoms with Crippen LogP contribution in [0.3, 0.4) is 0 Å².